The van der Waals surface area contributed by atoms with Crippen molar-refractivity contribution in [3.05, 3.63) is 35.4 Å². The summed E-state index contributed by atoms with van der Waals surface area (Å²) >= 11 is 0. The number of nitrogens with two attached hydrogens (primary N) is 1. The minimum atomic E-state index is 0.658. The van der Waals surface area contributed by atoms with Crippen molar-refractivity contribution in [2.24, 2.45) is 11.7 Å². The van der Waals surface area contributed by atoms with Crippen molar-refractivity contribution in [1.29, 1.82) is 0 Å². The predicted octanol–water partition coefficient (Wildman–Crippen LogP) is 4.22. The van der Waals surface area contributed by atoms with Crippen LogP contribution in [-0.4, -0.2) is 0 Å². The molecule has 1 heteroatoms. The van der Waals surface area contributed by atoms with Gasteiger partial charge in [0.2, 0.25) is 0 Å². The second-order valence-corrected chi connectivity index (χ2v) is 5.49. The highest BCUT2D eigenvalue weighted by atomic mass is 14.5. The molecule has 1 unspecified atom stereocenters. The third-order valence-corrected chi connectivity index (χ3v) is 4.32. The van der Waals surface area contributed by atoms with E-state index in [2.05, 4.69) is 31.2 Å². The lowest BCUT2D eigenvalue weighted by Crippen LogP contribution is -2.10. The fraction of sp³-hybridized carbons (Fsp3) is 0.625. The standard InChI is InChI=1S/C16H25N/c1-13(15-8-4-2-3-5-9-15)16-10-6-7-14(11-16)12-17/h6-7,10-11,13,15H,2-5,8-9,12,17H2,1H3. The first-order valence-electron chi connectivity index (χ1n) is 7.10. The Bertz CT molecular complexity index is 337. The van der Waals surface area contributed by atoms with E-state index in [9.17, 15) is 0 Å². The molecule has 1 aromatic carbocycles. The van der Waals surface area contributed by atoms with Crippen molar-refractivity contribution < 1.29 is 0 Å². The fourth-order valence-corrected chi connectivity index (χ4v) is 3.09. The van der Waals surface area contributed by atoms with Crippen molar-refractivity contribution in [1.82, 2.24) is 0 Å². The van der Waals surface area contributed by atoms with Crippen LogP contribution in [0.2, 0.25) is 0 Å². The van der Waals surface area contributed by atoms with Crippen LogP contribution in [0.25, 0.3) is 0 Å². The lowest BCUT2D eigenvalue weighted by atomic mass is 9.82. The van der Waals surface area contributed by atoms with Gasteiger partial charge >= 0.3 is 0 Å². The van der Waals surface area contributed by atoms with E-state index in [0.29, 0.717) is 12.5 Å². The van der Waals surface area contributed by atoms with Gasteiger partial charge in [0.05, 0.1) is 0 Å². The molecule has 0 aromatic heterocycles. The minimum Gasteiger partial charge on any atom is -0.326 e. The predicted molar refractivity (Wildman–Crippen MR) is 73.9 cm³/mol. The van der Waals surface area contributed by atoms with Crippen molar-refractivity contribution >= 4 is 0 Å². The zero-order valence-corrected chi connectivity index (χ0v) is 11.0. The maximum atomic E-state index is 5.72. The van der Waals surface area contributed by atoms with Gasteiger partial charge in [0.15, 0.2) is 0 Å². The molecule has 1 aliphatic carbocycles. The lowest BCUT2D eigenvalue weighted by molar-refractivity contribution is 0.394. The average Bonchev–Trinajstić information content (AvgIpc) is 2.67. The van der Waals surface area contributed by atoms with Crippen LogP contribution in [0.4, 0.5) is 0 Å². The van der Waals surface area contributed by atoms with Gasteiger partial charge in [-0.25, -0.2) is 0 Å². The van der Waals surface area contributed by atoms with Gasteiger partial charge in [-0.3, -0.25) is 0 Å². The van der Waals surface area contributed by atoms with Crippen LogP contribution in [0, 0.1) is 5.92 Å². The molecule has 0 spiro atoms. The second-order valence-electron chi connectivity index (χ2n) is 5.49. The SMILES string of the molecule is CC(c1cccc(CN)c1)C1CCCCCC1. The quantitative estimate of drug-likeness (QED) is 0.774. The zero-order valence-electron chi connectivity index (χ0n) is 11.0. The van der Waals surface area contributed by atoms with Crippen LogP contribution >= 0.6 is 0 Å². The highest BCUT2D eigenvalue weighted by Crippen LogP contribution is 2.34. The molecule has 1 saturated carbocycles. The van der Waals surface area contributed by atoms with Gasteiger partial charge in [0.25, 0.3) is 0 Å². The molecule has 0 saturated heterocycles. The summed E-state index contributed by atoms with van der Waals surface area (Å²) in [6, 6.07) is 8.86. The Balaban J connectivity index is 2.08. The van der Waals surface area contributed by atoms with Gasteiger partial charge in [-0.2, -0.15) is 0 Å². The molecular formula is C16H25N. The van der Waals surface area contributed by atoms with E-state index in [1.54, 1.807) is 0 Å². The average molecular weight is 231 g/mol. The van der Waals surface area contributed by atoms with Gasteiger partial charge in [-0.05, 0) is 35.8 Å². The maximum absolute atomic E-state index is 5.72. The summed E-state index contributed by atoms with van der Waals surface area (Å²) in [5, 5.41) is 0. The first-order chi connectivity index (χ1) is 8.31. The Morgan fingerprint density at radius 1 is 1.18 bits per heavy atom. The molecule has 2 rings (SSSR count). The molecule has 94 valence electrons. The zero-order chi connectivity index (χ0) is 12.1. The van der Waals surface area contributed by atoms with E-state index >= 15 is 0 Å². The van der Waals surface area contributed by atoms with E-state index < -0.39 is 0 Å². The molecular weight excluding hydrogens is 206 g/mol. The van der Waals surface area contributed by atoms with E-state index in [4.69, 9.17) is 5.73 Å². The summed E-state index contributed by atoms with van der Waals surface area (Å²) in [4.78, 5) is 0. The van der Waals surface area contributed by atoms with Crippen LogP contribution in [-0.2, 0) is 6.54 Å². The third-order valence-electron chi connectivity index (χ3n) is 4.32. The van der Waals surface area contributed by atoms with Crippen LogP contribution in [0.5, 0.6) is 0 Å². The van der Waals surface area contributed by atoms with E-state index in [0.717, 1.165) is 5.92 Å². The normalized spacial score (nSPS) is 19.9. The number of rotatable bonds is 3. The molecule has 0 heterocycles. The van der Waals surface area contributed by atoms with Crippen LogP contribution < -0.4 is 5.73 Å². The molecule has 0 amide bonds. The Hall–Kier alpha value is -0.820. The molecule has 1 nitrogen and oxygen atoms in total. The molecule has 0 aliphatic heterocycles. The summed E-state index contributed by atoms with van der Waals surface area (Å²) in [5.74, 6) is 1.57. The van der Waals surface area contributed by atoms with Crippen molar-refractivity contribution in [2.75, 3.05) is 0 Å². The van der Waals surface area contributed by atoms with E-state index in [1.807, 2.05) is 0 Å². The van der Waals surface area contributed by atoms with Gasteiger partial charge < -0.3 is 5.73 Å². The van der Waals surface area contributed by atoms with Crippen LogP contribution in [0.1, 0.15) is 62.5 Å². The molecule has 1 atom stereocenters. The monoisotopic (exact) mass is 231 g/mol. The fourth-order valence-electron chi connectivity index (χ4n) is 3.09. The molecule has 2 N–H and O–H groups in total. The summed E-state index contributed by atoms with van der Waals surface area (Å²) in [5.41, 5.74) is 8.47. The smallest absolute Gasteiger partial charge is 0.0178 e. The van der Waals surface area contributed by atoms with Crippen molar-refractivity contribution in [2.45, 2.75) is 57.9 Å². The second kappa shape index (κ2) is 6.20. The first kappa shape index (κ1) is 12.6. The Kier molecular flexibility index (Phi) is 4.61. The van der Waals surface area contributed by atoms with Gasteiger partial charge in [-0.15, -0.1) is 0 Å². The molecule has 17 heavy (non-hydrogen) atoms. The van der Waals surface area contributed by atoms with Gasteiger partial charge in [0, 0.05) is 6.54 Å². The number of benzene rings is 1. The van der Waals surface area contributed by atoms with Gasteiger partial charge in [0.1, 0.15) is 0 Å². The highest BCUT2D eigenvalue weighted by molar-refractivity contribution is 5.26. The van der Waals surface area contributed by atoms with Crippen molar-refractivity contribution in [3.63, 3.8) is 0 Å². The number of hydrogen-bond acceptors (Lipinski definition) is 1. The largest absolute Gasteiger partial charge is 0.326 e. The highest BCUT2D eigenvalue weighted by Gasteiger charge is 2.20. The first-order valence-corrected chi connectivity index (χ1v) is 7.10. The Labute approximate surface area is 105 Å². The van der Waals surface area contributed by atoms with E-state index in [1.165, 1.54) is 49.7 Å². The summed E-state index contributed by atoms with van der Waals surface area (Å²) in [7, 11) is 0. The molecule has 0 radical (unpaired) electrons. The molecule has 0 bridgehead atoms. The van der Waals surface area contributed by atoms with Gasteiger partial charge in [-0.1, -0.05) is 56.9 Å². The summed E-state index contributed by atoms with van der Waals surface area (Å²) in [6.45, 7) is 3.05. The lowest BCUT2D eigenvalue weighted by Gasteiger charge is -2.23. The van der Waals surface area contributed by atoms with E-state index in [-0.39, 0.29) is 0 Å². The topological polar surface area (TPSA) is 26.0 Å². The molecule has 1 aliphatic rings. The number of hydrogen-bond donors (Lipinski definition) is 1. The van der Waals surface area contributed by atoms with Crippen LogP contribution in [0.15, 0.2) is 24.3 Å². The molecule has 1 fully saturated rings. The Morgan fingerprint density at radius 3 is 2.53 bits per heavy atom. The Morgan fingerprint density at radius 2 is 1.88 bits per heavy atom. The van der Waals surface area contributed by atoms with Crippen LogP contribution in [0.3, 0.4) is 0 Å². The minimum absolute atomic E-state index is 0.658. The third kappa shape index (κ3) is 3.32. The maximum Gasteiger partial charge on any atom is 0.0178 e. The van der Waals surface area contributed by atoms with Crippen molar-refractivity contribution in [3.8, 4) is 0 Å². The molecule has 1 aromatic rings. The summed E-state index contributed by atoms with van der Waals surface area (Å²) in [6.07, 6.45) is 8.54. The summed E-state index contributed by atoms with van der Waals surface area (Å²) < 4.78 is 0.